The lowest BCUT2D eigenvalue weighted by molar-refractivity contribution is -0.144. The predicted molar refractivity (Wildman–Crippen MR) is 143 cm³/mol. The molecule has 0 aliphatic rings. The van der Waals surface area contributed by atoms with Crippen LogP contribution < -0.4 is 33.2 Å². The fraction of sp³-hybridized carbons (Fsp3) is 0.520. The number of carboxylic acids is 1. The van der Waals surface area contributed by atoms with Gasteiger partial charge in [-0.05, 0) is 30.7 Å². The number of aliphatic imine (C=N–C) groups is 1. The van der Waals surface area contributed by atoms with Crippen LogP contribution in [0.3, 0.4) is 0 Å². The quantitative estimate of drug-likeness (QED) is 0.0613. The fourth-order valence-electron chi connectivity index (χ4n) is 3.62. The Bertz CT molecular complexity index is 1010. The van der Waals surface area contributed by atoms with Gasteiger partial charge in [0, 0.05) is 13.0 Å². The van der Waals surface area contributed by atoms with Crippen LogP contribution in [0.25, 0.3) is 0 Å². The molecule has 0 spiro atoms. The summed E-state index contributed by atoms with van der Waals surface area (Å²) in [5.41, 5.74) is 16.4. The zero-order valence-electron chi connectivity index (χ0n) is 22.1. The molecule has 14 heteroatoms. The summed E-state index contributed by atoms with van der Waals surface area (Å²) in [6, 6.07) is 4.89. The lowest BCUT2D eigenvalue weighted by Crippen LogP contribution is -2.57. The highest BCUT2D eigenvalue weighted by molar-refractivity contribution is 5.94. The van der Waals surface area contributed by atoms with E-state index in [2.05, 4.69) is 20.9 Å². The number of nitrogens with two attached hydrogens (primary N) is 3. The Morgan fingerprint density at radius 3 is 1.97 bits per heavy atom. The molecule has 1 aromatic rings. The van der Waals surface area contributed by atoms with Crippen molar-refractivity contribution < 1.29 is 34.2 Å². The standard InChI is InChI=1S/C25H39N7O7/c1-14(2)11-17(31-23(37)19(33)12-15-7-4-3-5-8-15)22(36)30-16(9-6-10-29-25(27)28)21(35)32-18(24(38)39)13-20(26)34/h3-5,7-8,14,16-19,33H,6,9-13H2,1-2H3,(H2,26,34)(H,30,36)(H,31,37)(H,32,35)(H,38,39)(H4,27,28,29)/t16-,17-,18-,19?/m0/s1. The molecule has 0 saturated heterocycles. The molecule has 216 valence electrons. The normalized spacial score (nSPS) is 13.8. The van der Waals surface area contributed by atoms with Crippen LogP contribution in [-0.4, -0.2) is 76.5 Å². The minimum absolute atomic E-state index is 0.0102. The number of hydrogen-bond donors (Lipinski definition) is 8. The first-order valence-corrected chi connectivity index (χ1v) is 12.5. The Hall–Kier alpha value is -4.20. The molecule has 11 N–H and O–H groups in total. The summed E-state index contributed by atoms with van der Waals surface area (Å²) in [5.74, 6) is -4.99. The van der Waals surface area contributed by atoms with Gasteiger partial charge in [-0.2, -0.15) is 0 Å². The van der Waals surface area contributed by atoms with Gasteiger partial charge >= 0.3 is 5.97 Å². The number of nitrogens with one attached hydrogen (secondary N) is 3. The highest BCUT2D eigenvalue weighted by Crippen LogP contribution is 2.09. The molecule has 1 aromatic carbocycles. The maximum Gasteiger partial charge on any atom is 0.326 e. The van der Waals surface area contributed by atoms with Crippen molar-refractivity contribution in [3.8, 4) is 0 Å². The number of nitrogens with zero attached hydrogens (tertiary/aromatic N) is 1. The Balaban J connectivity index is 3.03. The van der Waals surface area contributed by atoms with Gasteiger partial charge in [-0.1, -0.05) is 44.2 Å². The smallest absolute Gasteiger partial charge is 0.326 e. The summed E-state index contributed by atoms with van der Waals surface area (Å²) < 4.78 is 0. The van der Waals surface area contributed by atoms with Crippen LogP contribution in [0.15, 0.2) is 35.3 Å². The van der Waals surface area contributed by atoms with Crippen LogP contribution in [-0.2, 0) is 30.4 Å². The SMILES string of the molecule is CC(C)C[C@H](NC(=O)C(O)Cc1ccccc1)C(=O)N[C@@H](CCCN=C(N)N)C(=O)N[C@@H](CC(N)=O)C(=O)O. The summed E-state index contributed by atoms with van der Waals surface area (Å²) in [7, 11) is 0. The highest BCUT2D eigenvalue weighted by Gasteiger charge is 2.31. The van der Waals surface area contributed by atoms with E-state index in [1.165, 1.54) is 0 Å². The number of primary amides is 1. The monoisotopic (exact) mass is 549 g/mol. The van der Waals surface area contributed by atoms with Gasteiger partial charge in [-0.3, -0.25) is 24.2 Å². The zero-order chi connectivity index (χ0) is 29.5. The molecule has 4 atom stereocenters. The van der Waals surface area contributed by atoms with E-state index in [1.54, 1.807) is 30.3 Å². The number of guanidine groups is 1. The molecular weight excluding hydrogens is 510 g/mol. The first kappa shape index (κ1) is 32.8. The van der Waals surface area contributed by atoms with Crippen LogP contribution in [0.2, 0.25) is 0 Å². The van der Waals surface area contributed by atoms with Gasteiger partial charge in [0.1, 0.15) is 24.2 Å². The number of aliphatic hydroxyl groups is 1. The molecule has 39 heavy (non-hydrogen) atoms. The van der Waals surface area contributed by atoms with Crippen molar-refractivity contribution in [1.29, 1.82) is 0 Å². The van der Waals surface area contributed by atoms with E-state index in [4.69, 9.17) is 17.2 Å². The van der Waals surface area contributed by atoms with Gasteiger partial charge in [0.05, 0.1) is 6.42 Å². The van der Waals surface area contributed by atoms with Gasteiger partial charge in [-0.25, -0.2) is 4.79 Å². The number of carboxylic acid groups (broad SMARTS) is 1. The van der Waals surface area contributed by atoms with Crippen molar-refractivity contribution >= 4 is 35.6 Å². The van der Waals surface area contributed by atoms with E-state index in [0.29, 0.717) is 0 Å². The van der Waals surface area contributed by atoms with Crippen molar-refractivity contribution in [2.24, 2.45) is 28.1 Å². The van der Waals surface area contributed by atoms with E-state index < -0.39 is 60.2 Å². The predicted octanol–water partition coefficient (Wildman–Crippen LogP) is -1.90. The molecule has 0 bridgehead atoms. The highest BCUT2D eigenvalue weighted by atomic mass is 16.4. The van der Waals surface area contributed by atoms with E-state index in [0.717, 1.165) is 5.56 Å². The lowest BCUT2D eigenvalue weighted by Gasteiger charge is -2.26. The number of carbonyl (C=O) groups is 5. The second-order valence-electron chi connectivity index (χ2n) is 9.48. The molecule has 14 nitrogen and oxygen atoms in total. The summed E-state index contributed by atoms with van der Waals surface area (Å²) in [6.07, 6.45) is -1.59. The molecule has 1 rings (SSSR count). The molecule has 4 amide bonds. The second kappa shape index (κ2) is 16.6. The number of carbonyl (C=O) groups excluding carboxylic acids is 4. The van der Waals surface area contributed by atoms with E-state index >= 15 is 0 Å². The van der Waals surface area contributed by atoms with Crippen molar-refractivity contribution in [2.45, 2.75) is 70.2 Å². The minimum atomic E-state index is -1.61. The number of aliphatic hydroxyl groups excluding tert-OH is 1. The largest absolute Gasteiger partial charge is 0.480 e. The molecule has 0 fully saturated rings. The van der Waals surface area contributed by atoms with Gasteiger partial charge in [0.25, 0.3) is 0 Å². The Kier molecular flexibility index (Phi) is 14.0. The summed E-state index contributed by atoms with van der Waals surface area (Å²) >= 11 is 0. The molecular formula is C25H39N7O7. The number of benzene rings is 1. The Morgan fingerprint density at radius 1 is 0.872 bits per heavy atom. The van der Waals surface area contributed by atoms with Crippen molar-refractivity contribution in [2.75, 3.05) is 6.54 Å². The second-order valence-corrected chi connectivity index (χ2v) is 9.48. The van der Waals surface area contributed by atoms with Gasteiger partial charge in [-0.15, -0.1) is 0 Å². The van der Waals surface area contributed by atoms with Crippen LogP contribution in [0.4, 0.5) is 0 Å². The number of aliphatic carboxylic acids is 1. The van der Waals surface area contributed by atoms with Crippen LogP contribution in [0, 0.1) is 5.92 Å². The maximum absolute atomic E-state index is 13.2. The Morgan fingerprint density at radius 2 is 1.44 bits per heavy atom. The number of rotatable bonds is 17. The molecule has 0 aliphatic heterocycles. The molecule has 0 aromatic heterocycles. The number of amides is 4. The average Bonchev–Trinajstić information content (AvgIpc) is 2.84. The van der Waals surface area contributed by atoms with E-state index in [9.17, 15) is 34.2 Å². The maximum atomic E-state index is 13.2. The van der Waals surface area contributed by atoms with Crippen molar-refractivity contribution in [1.82, 2.24) is 16.0 Å². The first-order valence-electron chi connectivity index (χ1n) is 12.5. The first-order chi connectivity index (χ1) is 18.3. The zero-order valence-corrected chi connectivity index (χ0v) is 22.1. The number of hydrogen-bond acceptors (Lipinski definition) is 7. The van der Waals surface area contributed by atoms with E-state index in [1.807, 2.05) is 13.8 Å². The van der Waals surface area contributed by atoms with Gasteiger partial charge < -0.3 is 43.4 Å². The van der Waals surface area contributed by atoms with Gasteiger partial charge in [0.15, 0.2) is 5.96 Å². The minimum Gasteiger partial charge on any atom is -0.480 e. The van der Waals surface area contributed by atoms with Crippen LogP contribution in [0.1, 0.15) is 45.1 Å². The third kappa shape index (κ3) is 13.2. The average molecular weight is 550 g/mol. The summed E-state index contributed by atoms with van der Waals surface area (Å²) in [5, 5.41) is 27.0. The topological polar surface area (TPSA) is 252 Å². The van der Waals surface area contributed by atoms with Crippen molar-refractivity contribution in [3.05, 3.63) is 35.9 Å². The van der Waals surface area contributed by atoms with Crippen LogP contribution in [0.5, 0.6) is 0 Å². The van der Waals surface area contributed by atoms with Gasteiger partial charge in [0.2, 0.25) is 23.6 Å². The lowest BCUT2D eigenvalue weighted by atomic mass is 10.0. The molecule has 0 heterocycles. The third-order valence-electron chi connectivity index (χ3n) is 5.51. The third-order valence-corrected chi connectivity index (χ3v) is 5.51. The van der Waals surface area contributed by atoms with Crippen molar-refractivity contribution in [3.63, 3.8) is 0 Å². The molecule has 0 saturated carbocycles. The molecule has 0 aliphatic carbocycles. The van der Waals surface area contributed by atoms with E-state index in [-0.39, 0.29) is 44.1 Å². The molecule has 0 radical (unpaired) electrons. The molecule has 1 unspecified atom stereocenters. The summed E-state index contributed by atoms with van der Waals surface area (Å²) in [6.45, 7) is 3.78. The van der Waals surface area contributed by atoms with Crippen LogP contribution >= 0.6 is 0 Å². The Labute approximate surface area is 226 Å². The fourth-order valence-corrected chi connectivity index (χ4v) is 3.62. The summed E-state index contributed by atoms with van der Waals surface area (Å²) in [4.78, 5) is 65.3.